The molecule has 0 radical (unpaired) electrons. The Bertz CT molecular complexity index is 401. The van der Waals surface area contributed by atoms with E-state index in [4.69, 9.17) is 11.6 Å². The van der Waals surface area contributed by atoms with Gasteiger partial charge < -0.3 is 5.11 Å². The van der Waals surface area contributed by atoms with Crippen molar-refractivity contribution in [2.24, 2.45) is 0 Å². The third-order valence-corrected chi connectivity index (χ3v) is 3.32. The van der Waals surface area contributed by atoms with Crippen LogP contribution in [0.5, 0.6) is 0 Å². The molecule has 0 aromatic heterocycles. The van der Waals surface area contributed by atoms with Crippen LogP contribution in [0.1, 0.15) is 43.6 Å². The number of halogens is 1. The summed E-state index contributed by atoms with van der Waals surface area (Å²) < 4.78 is 0. The average Bonchev–Trinajstić information content (AvgIpc) is 2.35. The van der Waals surface area contributed by atoms with Gasteiger partial charge in [-0.15, -0.1) is 6.58 Å². The van der Waals surface area contributed by atoms with Gasteiger partial charge in [-0.25, -0.2) is 0 Å². The van der Waals surface area contributed by atoms with Crippen molar-refractivity contribution in [3.63, 3.8) is 0 Å². The van der Waals surface area contributed by atoms with Crippen LogP contribution < -0.4 is 0 Å². The standard InChI is InChI=1S/C15H19ClO2/c1-2-3-4-5-6-10-13(15(17)18)12-9-7-8-11-14(12)16/h2,7-9,11,13H,1,3-6,10H2,(H,17,18). The molecule has 1 aromatic rings. The number of allylic oxidation sites excluding steroid dienone is 1. The molecule has 0 fully saturated rings. The third-order valence-electron chi connectivity index (χ3n) is 2.98. The quantitative estimate of drug-likeness (QED) is 0.549. The molecule has 3 heteroatoms. The van der Waals surface area contributed by atoms with Crippen LogP contribution in [0.4, 0.5) is 0 Å². The summed E-state index contributed by atoms with van der Waals surface area (Å²) in [5.74, 6) is -1.30. The molecule has 1 atom stereocenters. The van der Waals surface area contributed by atoms with Crippen molar-refractivity contribution in [2.45, 2.75) is 38.0 Å². The molecule has 0 heterocycles. The van der Waals surface area contributed by atoms with Crippen LogP contribution in [-0.2, 0) is 4.79 Å². The van der Waals surface area contributed by atoms with Crippen molar-refractivity contribution in [1.82, 2.24) is 0 Å². The Morgan fingerprint density at radius 2 is 2.06 bits per heavy atom. The SMILES string of the molecule is C=CCCCCCC(C(=O)O)c1ccccc1Cl. The molecule has 1 N–H and O–H groups in total. The lowest BCUT2D eigenvalue weighted by Crippen LogP contribution is -2.12. The second kappa shape index (κ2) is 7.93. The van der Waals surface area contributed by atoms with Gasteiger partial charge in [0.2, 0.25) is 0 Å². The van der Waals surface area contributed by atoms with E-state index >= 15 is 0 Å². The molecule has 2 nitrogen and oxygen atoms in total. The van der Waals surface area contributed by atoms with Gasteiger partial charge in [-0.3, -0.25) is 4.79 Å². The zero-order valence-electron chi connectivity index (χ0n) is 10.4. The number of aliphatic carboxylic acids is 1. The van der Waals surface area contributed by atoms with Crippen molar-refractivity contribution < 1.29 is 9.90 Å². The highest BCUT2D eigenvalue weighted by molar-refractivity contribution is 6.31. The highest BCUT2D eigenvalue weighted by Crippen LogP contribution is 2.29. The van der Waals surface area contributed by atoms with Crippen molar-refractivity contribution in [1.29, 1.82) is 0 Å². The zero-order chi connectivity index (χ0) is 13.4. The first-order valence-electron chi connectivity index (χ1n) is 6.25. The first-order valence-corrected chi connectivity index (χ1v) is 6.62. The lowest BCUT2D eigenvalue weighted by molar-refractivity contribution is -0.139. The highest BCUT2D eigenvalue weighted by atomic mass is 35.5. The van der Waals surface area contributed by atoms with Gasteiger partial charge >= 0.3 is 5.97 Å². The van der Waals surface area contributed by atoms with E-state index in [9.17, 15) is 9.90 Å². The Hall–Kier alpha value is -1.28. The highest BCUT2D eigenvalue weighted by Gasteiger charge is 2.21. The maximum absolute atomic E-state index is 11.3. The fourth-order valence-corrected chi connectivity index (χ4v) is 2.25. The number of carboxylic acid groups (broad SMARTS) is 1. The van der Waals surface area contributed by atoms with Crippen LogP contribution in [0.15, 0.2) is 36.9 Å². The van der Waals surface area contributed by atoms with E-state index in [1.54, 1.807) is 12.1 Å². The molecule has 0 bridgehead atoms. The molecule has 1 unspecified atom stereocenters. The van der Waals surface area contributed by atoms with Gasteiger partial charge in [-0.05, 0) is 30.9 Å². The number of hydrogen-bond acceptors (Lipinski definition) is 1. The van der Waals surface area contributed by atoms with Crippen LogP contribution >= 0.6 is 11.6 Å². The van der Waals surface area contributed by atoms with Gasteiger partial charge in [0.15, 0.2) is 0 Å². The Labute approximate surface area is 113 Å². The molecule has 0 aliphatic carbocycles. The van der Waals surface area contributed by atoms with Gasteiger partial charge in [0.25, 0.3) is 0 Å². The number of rotatable bonds is 8. The van der Waals surface area contributed by atoms with E-state index < -0.39 is 11.9 Å². The Morgan fingerprint density at radius 1 is 1.33 bits per heavy atom. The zero-order valence-corrected chi connectivity index (χ0v) is 11.2. The predicted molar refractivity (Wildman–Crippen MR) is 75.1 cm³/mol. The van der Waals surface area contributed by atoms with E-state index in [0.717, 1.165) is 31.2 Å². The molecule has 0 spiro atoms. The van der Waals surface area contributed by atoms with Crippen LogP contribution in [-0.4, -0.2) is 11.1 Å². The maximum atomic E-state index is 11.3. The predicted octanol–water partition coefficient (Wildman–Crippen LogP) is 4.64. The third kappa shape index (κ3) is 4.53. The number of carboxylic acids is 1. The molecule has 18 heavy (non-hydrogen) atoms. The molecule has 1 rings (SSSR count). The smallest absolute Gasteiger partial charge is 0.311 e. The molecule has 0 aliphatic heterocycles. The maximum Gasteiger partial charge on any atom is 0.311 e. The average molecular weight is 267 g/mol. The molecule has 1 aromatic carbocycles. The first-order chi connectivity index (χ1) is 8.66. The summed E-state index contributed by atoms with van der Waals surface area (Å²) in [6, 6.07) is 7.18. The fraction of sp³-hybridized carbons (Fsp3) is 0.400. The minimum Gasteiger partial charge on any atom is -0.481 e. The minimum atomic E-state index is -0.799. The minimum absolute atomic E-state index is 0.498. The summed E-state index contributed by atoms with van der Waals surface area (Å²) in [6.07, 6.45) is 6.51. The summed E-state index contributed by atoms with van der Waals surface area (Å²) in [5.41, 5.74) is 0.718. The van der Waals surface area contributed by atoms with Crippen molar-refractivity contribution in [3.8, 4) is 0 Å². The summed E-state index contributed by atoms with van der Waals surface area (Å²) >= 11 is 6.05. The van der Waals surface area contributed by atoms with Crippen molar-refractivity contribution >= 4 is 17.6 Å². The van der Waals surface area contributed by atoms with Gasteiger partial charge in [0.05, 0.1) is 5.92 Å². The molecular weight excluding hydrogens is 248 g/mol. The summed E-state index contributed by atoms with van der Waals surface area (Å²) in [4.78, 5) is 11.3. The van der Waals surface area contributed by atoms with Crippen LogP contribution in [0, 0.1) is 0 Å². The Balaban J connectivity index is 2.58. The van der Waals surface area contributed by atoms with Crippen molar-refractivity contribution in [3.05, 3.63) is 47.5 Å². The van der Waals surface area contributed by atoms with Gasteiger partial charge in [0.1, 0.15) is 0 Å². The monoisotopic (exact) mass is 266 g/mol. The van der Waals surface area contributed by atoms with E-state index in [1.807, 2.05) is 18.2 Å². The second-order valence-corrected chi connectivity index (χ2v) is 4.75. The molecule has 0 saturated carbocycles. The summed E-state index contributed by atoms with van der Waals surface area (Å²) in [6.45, 7) is 3.67. The van der Waals surface area contributed by atoms with E-state index in [-0.39, 0.29) is 0 Å². The molecule has 98 valence electrons. The van der Waals surface area contributed by atoms with Gasteiger partial charge in [-0.1, -0.05) is 48.7 Å². The number of hydrogen-bond donors (Lipinski definition) is 1. The Kier molecular flexibility index (Phi) is 6.51. The Morgan fingerprint density at radius 3 is 2.67 bits per heavy atom. The summed E-state index contributed by atoms with van der Waals surface area (Å²) in [5, 5.41) is 9.82. The lowest BCUT2D eigenvalue weighted by Gasteiger charge is -2.14. The van der Waals surface area contributed by atoms with Crippen LogP contribution in [0.3, 0.4) is 0 Å². The lowest BCUT2D eigenvalue weighted by atomic mass is 9.93. The molecule has 0 saturated heterocycles. The molecule has 0 aliphatic rings. The molecule has 0 amide bonds. The number of carbonyl (C=O) groups is 1. The number of unbranched alkanes of at least 4 members (excludes halogenated alkanes) is 3. The van der Waals surface area contributed by atoms with Crippen LogP contribution in [0.2, 0.25) is 5.02 Å². The van der Waals surface area contributed by atoms with E-state index in [0.29, 0.717) is 11.4 Å². The number of benzene rings is 1. The molecular formula is C15H19ClO2. The van der Waals surface area contributed by atoms with Crippen molar-refractivity contribution in [2.75, 3.05) is 0 Å². The van der Waals surface area contributed by atoms with Gasteiger partial charge in [-0.2, -0.15) is 0 Å². The second-order valence-electron chi connectivity index (χ2n) is 4.34. The van der Waals surface area contributed by atoms with Crippen LogP contribution in [0.25, 0.3) is 0 Å². The van der Waals surface area contributed by atoms with E-state index in [1.165, 1.54) is 0 Å². The summed E-state index contributed by atoms with van der Waals surface area (Å²) in [7, 11) is 0. The largest absolute Gasteiger partial charge is 0.481 e. The van der Waals surface area contributed by atoms with E-state index in [2.05, 4.69) is 6.58 Å². The fourth-order valence-electron chi connectivity index (χ4n) is 1.98. The normalized spacial score (nSPS) is 12.1. The van der Waals surface area contributed by atoms with Gasteiger partial charge in [0, 0.05) is 5.02 Å². The topological polar surface area (TPSA) is 37.3 Å². The first kappa shape index (κ1) is 14.8.